The van der Waals surface area contributed by atoms with Crippen molar-refractivity contribution in [2.24, 2.45) is 5.92 Å². The summed E-state index contributed by atoms with van der Waals surface area (Å²) in [6.07, 6.45) is 1.78. The number of rotatable bonds is 4. The number of carbonyl (C=O) groups excluding carboxylic acids is 2. The van der Waals surface area contributed by atoms with Crippen LogP contribution in [0, 0.1) is 12.8 Å². The molecule has 1 aliphatic heterocycles. The second kappa shape index (κ2) is 7.94. The van der Waals surface area contributed by atoms with Crippen LogP contribution in [0.2, 0.25) is 0 Å². The molecule has 1 aromatic heterocycles. The van der Waals surface area contributed by atoms with Crippen molar-refractivity contribution >= 4 is 22.7 Å². The quantitative estimate of drug-likeness (QED) is 0.899. The van der Waals surface area contributed by atoms with Crippen LogP contribution in [0.4, 0.5) is 0 Å². The lowest BCUT2D eigenvalue weighted by Crippen LogP contribution is -2.50. The first-order chi connectivity index (χ1) is 12.9. The zero-order chi connectivity index (χ0) is 19.6. The third-order valence-electron chi connectivity index (χ3n) is 5.03. The first-order valence-electron chi connectivity index (χ1n) is 9.44. The van der Waals surface area contributed by atoms with E-state index in [1.165, 1.54) is 0 Å². The largest absolute Gasteiger partial charge is 0.497 e. The van der Waals surface area contributed by atoms with E-state index in [2.05, 4.69) is 10.3 Å². The SMILES string of the molecule is COc1ccc2cc(C(=O)N3CCC[C@H](NC(=O)C(C)C)C3)c(C)nc2c1. The van der Waals surface area contributed by atoms with E-state index in [9.17, 15) is 9.59 Å². The Bertz CT molecular complexity index is 863. The number of hydrogen-bond acceptors (Lipinski definition) is 4. The van der Waals surface area contributed by atoms with Gasteiger partial charge in [0.25, 0.3) is 5.91 Å². The van der Waals surface area contributed by atoms with E-state index in [1.54, 1.807) is 7.11 Å². The Labute approximate surface area is 159 Å². The fraction of sp³-hybridized carbons (Fsp3) is 0.476. The summed E-state index contributed by atoms with van der Waals surface area (Å²) in [5, 5.41) is 3.96. The number of amides is 2. The van der Waals surface area contributed by atoms with Crippen molar-refractivity contribution in [3.63, 3.8) is 0 Å². The molecule has 27 heavy (non-hydrogen) atoms. The molecule has 1 saturated heterocycles. The average molecular weight is 369 g/mol. The van der Waals surface area contributed by atoms with E-state index in [1.807, 2.05) is 49.9 Å². The summed E-state index contributed by atoms with van der Waals surface area (Å²) in [6.45, 7) is 6.85. The number of benzene rings is 1. The Morgan fingerprint density at radius 3 is 2.78 bits per heavy atom. The van der Waals surface area contributed by atoms with Crippen LogP contribution in [0.1, 0.15) is 42.7 Å². The van der Waals surface area contributed by atoms with E-state index in [-0.39, 0.29) is 23.8 Å². The van der Waals surface area contributed by atoms with Crippen LogP contribution in [0.3, 0.4) is 0 Å². The Hall–Kier alpha value is -2.63. The highest BCUT2D eigenvalue weighted by Gasteiger charge is 2.27. The summed E-state index contributed by atoms with van der Waals surface area (Å²) < 4.78 is 5.25. The molecule has 0 saturated carbocycles. The summed E-state index contributed by atoms with van der Waals surface area (Å²) in [5.41, 5.74) is 2.13. The van der Waals surface area contributed by atoms with Gasteiger partial charge in [-0.05, 0) is 38.0 Å². The minimum Gasteiger partial charge on any atom is -0.497 e. The van der Waals surface area contributed by atoms with Crippen LogP contribution >= 0.6 is 0 Å². The van der Waals surface area contributed by atoms with Crippen molar-refractivity contribution in [1.29, 1.82) is 0 Å². The zero-order valence-corrected chi connectivity index (χ0v) is 16.4. The fourth-order valence-electron chi connectivity index (χ4n) is 3.40. The minimum absolute atomic E-state index is 0.00980. The lowest BCUT2D eigenvalue weighted by atomic mass is 10.0. The van der Waals surface area contributed by atoms with Crippen molar-refractivity contribution in [2.75, 3.05) is 20.2 Å². The topological polar surface area (TPSA) is 71.5 Å². The highest BCUT2D eigenvalue weighted by atomic mass is 16.5. The molecule has 0 spiro atoms. The number of nitrogens with one attached hydrogen (secondary N) is 1. The maximum Gasteiger partial charge on any atom is 0.255 e. The van der Waals surface area contributed by atoms with Gasteiger partial charge in [-0.3, -0.25) is 14.6 Å². The summed E-state index contributed by atoms with van der Waals surface area (Å²) >= 11 is 0. The monoisotopic (exact) mass is 369 g/mol. The molecule has 6 heteroatoms. The molecule has 1 fully saturated rings. The van der Waals surface area contributed by atoms with Gasteiger partial charge < -0.3 is 15.0 Å². The summed E-state index contributed by atoms with van der Waals surface area (Å²) in [4.78, 5) is 31.5. The highest BCUT2D eigenvalue weighted by molar-refractivity contribution is 5.99. The lowest BCUT2D eigenvalue weighted by molar-refractivity contribution is -0.125. The molecule has 144 valence electrons. The van der Waals surface area contributed by atoms with Crippen molar-refractivity contribution in [1.82, 2.24) is 15.2 Å². The van der Waals surface area contributed by atoms with Crippen molar-refractivity contribution in [3.05, 3.63) is 35.5 Å². The van der Waals surface area contributed by atoms with Crippen LogP contribution in [0.5, 0.6) is 5.75 Å². The number of nitrogens with zero attached hydrogens (tertiary/aromatic N) is 2. The molecule has 1 N–H and O–H groups in total. The normalized spacial score (nSPS) is 17.2. The Kier molecular flexibility index (Phi) is 5.63. The number of methoxy groups -OCH3 is 1. The Morgan fingerprint density at radius 2 is 2.07 bits per heavy atom. The number of piperidine rings is 1. The van der Waals surface area contributed by atoms with E-state index in [4.69, 9.17) is 4.74 Å². The predicted molar refractivity (Wildman–Crippen MR) is 105 cm³/mol. The first-order valence-corrected chi connectivity index (χ1v) is 9.44. The van der Waals surface area contributed by atoms with Crippen LogP contribution in [-0.4, -0.2) is 47.9 Å². The molecular formula is C21H27N3O3. The smallest absolute Gasteiger partial charge is 0.255 e. The fourth-order valence-corrected chi connectivity index (χ4v) is 3.40. The lowest BCUT2D eigenvalue weighted by Gasteiger charge is -2.33. The van der Waals surface area contributed by atoms with E-state index < -0.39 is 0 Å². The number of carbonyl (C=O) groups is 2. The second-order valence-electron chi connectivity index (χ2n) is 7.43. The Balaban J connectivity index is 1.80. The highest BCUT2D eigenvalue weighted by Crippen LogP contribution is 2.23. The van der Waals surface area contributed by atoms with Crippen LogP contribution in [0.25, 0.3) is 10.9 Å². The third kappa shape index (κ3) is 4.21. The van der Waals surface area contributed by atoms with Gasteiger partial charge in [0.1, 0.15) is 5.75 Å². The van der Waals surface area contributed by atoms with Gasteiger partial charge >= 0.3 is 0 Å². The van der Waals surface area contributed by atoms with Crippen molar-refractivity contribution in [2.45, 2.75) is 39.7 Å². The molecule has 2 heterocycles. The van der Waals surface area contributed by atoms with Gasteiger partial charge in [0.2, 0.25) is 5.91 Å². The van der Waals surface area contributed by atoms with Gasteiger partial charge in [0, 0.05) is 36.5 Å². The van der Waals surface area contributed by atoms with E-state index in [0.29, 0.717) is 24.3 Å². The number of fused-ring (bicyclic) bond motifs is 1. The summed E-state index contributed by atoms with van der Waals surface area (Å²) in [5.74, 6) is 0.696. The van der Waals surface area contributed by atoms with E-state index >= 15 is 0 Å². The molecule has 2 aromatic rings. The Morgan fingerprint density at radius 1 is 1.30 bits per heavy atom. The maximum atomic E-state index is 13.1. The molecule has 0 bridgehead atoms. The molecular weight excluding hydrogens is 342 g/mol. The van der Waals surface area contributed by atoms with Crippen molar-refractivity contribution < 1.29 is 14.3 Å². The maximum absolute atomic E-state index is 13.1. The molecule has 2 amide bonds. The van der Waals surface area contributed by atoms with Gasteiger partial charge in [-0.1, -0.05) is 13.8 Å². The van der Waals surface area contributed by atoms with Gasteiger partial charge in [-0.25, -0.2) is 0 Å². The number of aromatic nitrogens is 1. The molecule has 0 unspecified atom stereocenters. The van der Waals surface area contributed by atoms with Crippen molar-refractivity contribution in [3.8, 4) is 5.75 Å². The number of ether oxygens (including phenoxy) is 1. The van der Waals surface area contributed by atoms with E-state index in [0.717, 1.165) is 29.5 Å². The van der Waals surface area contributed by atoms with Gasteiger partial charge in [-0.15, -0.1) is 0 Å². The van der Waals surface area contributed by atoms with Gasteiger partial charge in [0.05, 0.1) is 23.9 Å². The average Bonchev–Trinajstić information content (AvgIpc) is 2.66. The number of likely N-dealkylation sites (tertiary alicyclic amines) is 1. The van der Waals surface area contributed by atoms with Crippen LogP contribution in [-0.2, 0) is 4.79 Å². The number of aryl methyl sites for hydroxylation is 1. The molecule has 1 aliphatic rings. The molecule has 0 radical (unpaired) electrons. The van der Waals surface area contributed by atoms with Crippen LogP contribution in [0.15, 0.2) is 24.3 Å². The minimum atomic E-state index is -0.0556. The third-order valence-corrected chi connectivity index (χ3v) is 5.03. The molecule has 1 atom stereocenters. The number of pyridine rings is 1. The standard InChI is InChI=1S/C21H27N3O3/c1-13(2)20(25)23-16-6-5-9-24(12-16)21(26)18-10-15-7-8-17(27-4)11-19(15)22-14(18)3/h7-8,10-11,13,16H,5-6,9,12H2,1-4H3,(H,23,25)/t16-/m0/s1. The zero-order valence-electron chi connectivity index (χ0n) is 16.4. The van der Waals surface area contributed by atoms with Gasteiger partial charge in [-0.2, -0.15) is 0 Å². The second-order valence-corrected chi connectivity index (χ2v) is 7.43. The van der Waals surface area contributed by atoms with Gasteiger partial charge in [0.15, 0.2) is 0 Å². The predicted octanol–water partition coefficient (Wildman–Crippen LogP) is 2.93. The van der Waals surface area contributed by atoms with Crippen LogP contribution < -0.4 is 10.1 Å². The molecule has 0 aliphatic carbocycles. The molecule has 6 nitrogen and oxygen atoms in total. The number of hydrogen-bond donors (Lipinski definition) is 1. The molecule has 1 aromatic carbocycles. The summed E-state index contributed by atoms with van der Waals surface area (Å²) in [7, 11) is 1.62. The molecule has 3 rings (SSSR count). The summed E-state index contributed by atoms with van der Waals surface area (Å²) in [6, 6.07) is 7.56. The first kappa shape index (κ1) is 19.1.